The number of ketones is 1. The number of Topliss-reactive ketones (excluding diaryl/α,β-unsaturated/α-hetero) is 1. The van der Waals surface area contributed by atoms with E-state index < -0.39 is 0 Å². The summed E-state index contributed by atoms with van der Waals surface area (Å²) in [6, 6.07) is 6.65. The molecule has 4 rings (SSSR count). The Hall–Kier alpha value is -2.93. The summed E-state index contributed by atoms with van der Waals surface area (Å²) in [6.07, 6.45) is 7.70. The Morgan fingerprint density at radius 2 is 1.65 bits per heavy atom. The normalized spacial score (nSPS) is 16.5. The second-order valence-corrected chi connectivity index (χ2v) is 9.04. The van der Waals surface area contributed by atoms with Gasteiger partial charge in [-0.05, 0) is 42.5 Å². The van der Waals surface area contributed by atoms with Crippen molar-refractivity contribution in [1.82, 2.24) is 24.8 Å². The van der Waals surface area contributed by atoms with Crippen LogP contribution in [0.4, 0.5) is 5.95 Å². The number of fused-ring (bicyclic) bond motifs is 1. The van der Waals surface area contributed by atoms with Crippen LogP contribution in [0.15, 0.2) is 43.0 Å². The van der Waals surface area contributed by atoms with Crippen molar-refractivity contribution in [2.24, 2.45) is 0 Å². The molecule has 0 amide bonds. The number of rotatable bonds is 6. The molecule has 1 atom stereocenters. The maximum atomic E-state index is 11.5. The van der Waals surface area contributed by atoms with E-state index >= 15 is 0 Å². The van der Waals surface area contributed by atoms with Crippen LogP contribution in [0.3, 0.4) is 0 Å². The van der Waals surface area contributed by atoms with Crippen molar-refractivity contribution >= 4 is 22.8 Å². The molecule has 0 spiro atoms. The molecule has 7 heteroatoms. The van der Waals surface area contributed by atoms with E-state index in [-0.39, 0.29) is 11.2 Å². The van der Waals surface area contributed by atoms with Crippen LogP contribution in [-0.2, 0) is 10.2 Å². The van der Waals surface area contributed by atoms with Gasteiger partial charge in [0.2, 0.25) is 5.95 Å². The van der Waals surface area contributed by atoms with E-state index in [0.717, 1.165) is 48.7 Å². The molecule has 1 unspecified atom stereocenters. The Labute approximate surface area is 183 Å². The second-order valence-electron chi connectivity index (χ2n) is 9.04. The summed E-state index contributed by atoms with van der Waals surface area (Å²) >= 11 is 0. The molecule has 1 fully saturated rings. The van der Waals surface area contributed by atoms with Crippen LogP contribution in [0, 0.1) is 0 Å². The highest BCUT2D eigenvalue weighted by atomic mass is 16.1. The summed E-state index contributed by atoms with van der Waals surface area (Å²) < 4.78 is 0. The lowest BCUT2D eigenvalue weighted by atomic mass is 9.82. The smallest absolute Gasteiger partial charge is 0.225 e. The zero-order chi connectivity index (χ0) is 22.0. The van der Waals surface area contributed by atoms with Gasteiger partial charge in [-0.2, -0.15) is 0 Å². The molecule has 1 aliphatic heterocycles. The van der Waals surface area contributed by atoms with Gasteiger partial charge >= 0.3 is 0 Å². The quantitative estimate of drug-likeness (QED) is 0.606. The van der Waals surface area contributed by atoms with Gasteiger partial charge in [0.05, 0.1) is 11.0 Å². The van der Waals surface area contributed by atoms with Crippen LogP contribution in [-0.4, -0.2) is 56.8 Å². The third kappa shape index (κ3) is 4.71. The summed E-state index contributed by atoms with van der Waals surface area (Å²) in [5, 5.41) is 0. The Morgan fingerprint density at radius 1 is 1.00 bits per heavy atom. The van der Waals surface area contributed by atoms with Gasteiger partial charge in [-0.15, -0.1) is 0 Å². The maximum Gasteiger partial charge on any atom is 0.225 e. The highest BCUT2D eigenvalue weighted by molar-refractivity contribution is 5.77. The Morgan fingerprint density at radius 3 is 2.29 bits per heavy atom. The molecular weight excluding hydrogens is 388 g/mol. The van der Waals surface area contributed by atoms with Gasteiger partial charge in [0.15, 0.2) is 0 Å². The van der Waals surface area contributed by atoms with E-state index in [4.69, 9.17) is 0 Å². The minimum atomic E-state index is -0.247. The summed E-state index contributed by atoms with van der Waals surface area (Å²) in [5.41, 5.74) is 3.87. The molecule has 0 bridgehead atoms. The summed E-state index contributed by atoms with van der Waals surface area (Å²) in [7, 11) is 0. The number of hydrogen-bond acceptors (Lipinski definition) is 7. The third-order valence-corrected chi connectivity index (χ3v) is 6.23. The average Bonchev–Trinajstić information content (AvgIpc) is 2.77. The Balaban J connectivity index is 1.39. The molecule has 162 valence electrons. The first-order valence-corrected chi connectivity index (χ1v) is 10.8. The predicted octanol–water partition coefficient (Wildman–Crippen LogP) is 3.56. The summed E-state index contributed by atoms with van der Waals surface area (Å²) in [4.78, 5) is 34.3. The number of hydrogen-bond donors (Lipinski definition) is 0. The van der Waals surface area contributed by atoms with Crippen LogP contribution >= 0.6 is 0 Å². The number of aromatic nitrogens is 4. The first kappa shape index (κ1) is 21.3. The minimum absolute atomic E-state index is 0.178. The zero-order valence-corrected chi connectivity index (χ0v) is 18.7. The standard InChI is InChI=1S/C24H30N6O/c1-17(31)14-24(3,4)20-15-27-23(28-16-20)30-11-9-29(10-12-30)18(2)19-5-6-21-22(13-19)26-8-7-25-21/h5-8,13,15-16,18H,9-12,14H2,1-4H3. The SMILES string of the molecule is CC(=O)CC(C)(C)c1cnc(N2CCN(C(C)c3ccc4nccnc4c3)CC2)nc1. The van der Waals surface area contributed by atoms with E-state index in [0.29, 0.717) is 12.5 Å². The fourth-order valence-electron chi connectivity index (χ4n) is 4.32. The van der Waals surface area contributed by atoms with Crippen molar-refractivity contribution in [1.29, 1.82) is 0 Å². The molecule has 1 aromatic carbocycles. The van der Waals surface area contributed by atoms with E-state index in [9.17, 15) is 4.79 Å². The molecule has 0 radical (unpaired) electrons. The van der Waals surface area contributed by atoms with Gasteiger partial charge in [0.1, 0.15) is 5.78 Å². The Kier molecular flexibility index (Phi) is 5.96. The third-order valence-electron chi connectivity index (χ3n) is 6.23. The Bertz CT molecular complexity index is 1060. The number of piperazine rings is 1. The molecule has 1 aliphatic rings. The molecular formula is C24H30N6O. The van der Waals surface area contributed by atoms with E-state index in [1.807, 2.05) is 18.5 Å². The summed E-state index contributed by atoms with van der Waals surface area (Å²) in [6.45, 7) is 11.7. The van der Waals surface area contributed by atoms with E-state index in [1.165, 1.54) is 5.56 Å². The van der Waals surface area contributed by atoms with Crippen LogP contribution in [0.1, 0.15) is 51.3 Å². The van der Waals surface area contributed by atoms with Crippen molar-refractivity contribution in [3.63, 3.8) is 0 Å². The average molecular weight is 419 g/mol. The lowest BCUT2D eigenvalue weighted by Crippen LogP contribution is -2.47. The first-order chi connectivity index (χ1) is 14.8. The van der Waals surface area contributed by atoms with E-state index in [1.54, 1.807) is 19.3 Å². The molecule has 0 aliphatic carbocycles. The van der Waals surface area contributed by atoms with Crippen molar-refractivity contribution in [2.75, 3.05) is 31.1 Å². The number of anilines is 1. The highest BCUT2D eigenvalue weighted by Gasteiger charge is 2.26. The molecule has 3 heterocycles. The minimum Gasteiger partial charge on any atom is -0.338 e. The van der Waals surface area contributed by atoms with Crippen molar-refractivity contribution in [3.05, 3.63) is 54.1 Å². The first-order valence-electron chi connectivity index (χ1n) is 10.8. The van der Waals surface area contributed by atoms with Gasteiger partial charge in [-0.3, -0.25) is 19.7 Å². The van der Waals surface area contributed by atoms with E-state index in [2.05, 4.69) is 62.6 Å². The van der Waals surface area contributed by atoms with Gasteiger partial charge in [0, 0.05) is 63.4 Å². The largest absolute Gasteiger partial charge is 0.338 e. The van der Waals surface area contributed by atoms with Gasteiger partial charge < -0.3 is 4.90 Å². The van der Waals surface area contributed by atoms with Gasteiger partial charge in [-0.25, -0.2) is 9.97 Å². The van der Waals surface area contributed by atoms with Crippen molar-refractivity contribution in [2.45, 2.75) is 45.6 Å². The van der Waals surface area contributed by atoms with Crippen molar-refractivity contribution < 1.29 is 4.79 Å². The van der Waals surface area contributed by atoms with Crippen molar-refractivity contribution in [3.8, 4) is 0 Å². The molecule has 0 N–H and O–H groups in total. The molecule has 2 aromatic heterocycles. The van der Waals surface area contributed by atoms with Crippen LogP contribution in [0.2, 0.25) is 0 Å². The highest BCUT2D eigenvalue weighted by Crippen LogP contribution is 2.28. The monoisotopic (exact) mass is 418 g/mol. The second kappa shape index (κ2) is 8.67. The predicted molar refractivity (Wildman–Crippen MR) is 122 cm³/mol. The van der Waals surface area contributed by atoms with Crippen LogP contribution in [0.5, 0.6) is 0 Å². The lowest BCUT2D eigenvalue weighted by Gasteiger charge is -2.38. The number of carbonyl (C=O) groups excluding carboxylic acids is 1. The topological polar surface area (TPSA) is 75.1 Å². The van der Waals surface area contributed by atoms with Gasteiger partial charge in [-0.1, -0.05) is 19.9 Å². The number of carbonyl (C=O) groups is 1. The molecule has 1 saturated heterocycles. The molecule has 3 aromatic rings. The van der Waals surface area contributed by atoms with Gasteiger partial charge in [0.25, 0.3) is 0 Å². The zero-order valence-electron chi connectivity index (χ0n) is 18.7. The van der Waals surface area contributed by atoms with Crippen LogP contribution < -0.4 is 4.90 Å². The molecule has 7 nitrogen and oxygen atoms in total. The number of benzene rings is 1. The maximum absolute atomic E-state index is 11.5. The van der Waals surface area contributed by atoms with Crippen LogP contribution in [0.25, 0.3) is 11.0 Å². The lowest BCUT2D eigenvalue weighted by molar-refractivity contribution is -0.118. The fourth-order valence-corrected chi connectivity index (χ4v) is 4.32. The fraction of sp³-hybridized carbons (Fsp3) is 0.458. The molecule has 0 saturated carbocycles. The number of nitrogens with zero attached hydrogens (tertiary/aromatic N) is 6. The molecule has 31 heavy (non-hydrogen) atoms. The summed E-state index contributed by atoms with van der Waals surface area (Å²) in [5.74, 6) is 0.938.